The number of hydrogen-bond acceptors (Lipinski definition) is 3. The van der Waals surface area contributed by atoms with Gasteiger partial charge in [0.05, 0.1) is 11.3 Å². The van der Waals surface area contributed by atoms with E-state index >= 15 is 0 Å². The molecule has 60 valence electrons. The number of carbonyl (C=O) groups is 2. The van der Waals surface area contributed by atoms with E-state index in [0.29, 0.717) is 0 Å². The third-order valence-corrected chi connectivity index (χ3v) is 3.41. The SMILES string of the molecule is CC1(C)C2C(=O)OC(=O)C21C. The van der Waals surface area contributed by atoms with E-state index < -0.39 is 5.41 Å². The Balaban J connectivity index is 2.46. The van der Waals surface area contributed by atoms with Crippen molar-refractivity contribution in [3.63, 3.8) is 0 Å². The van der Waals surface area contributed by atoms with E-state index in [1.807, 2.05) is 13.8 Å². The number of esters is 2. The van der Waals surface area contributed by atoms with Crippen LogP contribution in [-0.2, 0) is 14.3 Å². The number of carbonyl (C=O) groups excluding carboxylic acids is 2. The fourth-order valence-corrected chi connectivity index (χ4v) is 2.15. The number of ether oxygens (including phenoxy) is 1. The second-order valence-corrected chi connectivity index (χ2v) is 4.07. The second-order valence-electron chi connectivity index (χ2n) is 4.07. The Hall–Kier alpha value is -0.860. The maximum Gasteiger partial charge on any atom is 0.320 e. The Morgan fingerprint density at radius 1 is 1.27 bits per heavy atom. The van der Waals surface area contributed by atoms with Crippen molar-refractivity contribution in [2.24, 2.45) is 16.7 Å². The summed E-state index contributed by atoms with van der Waals surface area (Å²) in [6, 6.07) is 0. The molecule has 2 unspecified atom stereocenters. The summed E-state index contributed by atoms with van der Waals surface area (Å²) in [4.78, 5) is 22.1. The first-order valence-electron chi connectivity index (χ1n) is 3.68. The fraction of sp³-hybridized carbons (Fsp3) is 0.750. The fourth-order valence-electron chi connectivity index (χ4n) is 2.15. The molecule has 1 aliphatic heterocycles. The molecule has 2 fully saturated rings. The molecule has 3 nitrogen and oxygen atoms in total. The van der Waals surface area contributed by atoms with E-state index in [2.05, 4.69) is 4.74 Å². The predicted molar refractivity (Wildman–Crippen MR) is 36.5 cm³/mol. The van der Waals surface area contributed by atoms with Crippen molar-refractivity contribution < 1.29 is 14.3 Å². The number of rotatable bonds is 0. The Morgan fingerprint density at radius 2 is 1.82 bits per heavy atom. The zero-order chi connectivity index (χ0) is 8.44. The Morgan fingerprint density at radius 3 is 2.00 bits per heavy atom. The monoisotopic (exact) mass is 154 g/mol. The van der Waals surface area contributed by atoms with E-state index in [1.54, 1.807) is 6.92 Å². The normalized spacial score (nSPS) is 45.2. The number of hydrogen-bond donors (Lipinski definition) is 0. The highest BCUT2D eigenvalue weighted by molar-refractivity contribution is 6.05. The van der Waals surface area contributed by atoms with Crippen LogP contribution >= 0.6 is 0 Å². The van der Waals surface area contributed by atoms with Crippen molar-refractivity contribution in [2.75, 3.05) is 0 Å². The molecule has 1 saturated heterocycles. The van der Waals surface area contributed by atoms with Crippen LogP contribution in [-0.4, -0.2) is 11.9 Å². The van der Waals surface area contributed by atoms with Crippen LogP contribution in [0.4, 0.5) is 0 Å². The van der Waals surface area contributed by atoms with Crippen molar-refractivity contribution in [1.82, 2.24) is 0 Å². The lowest BCUT2D eigenvalue weighted by Gasteiger charge is -2.10. The molecule has 2 rings (SSSR count). The molecule has 0 aromatic carbocycles. The minimum atomic E-state index is -0.524. The molecule has 3 heteroatoms. The minimum absolute atomic E-state index is 0.181. The first-order chi connectivity index (χ1) is 4.92. The summed E-state index contributed by atoms with van der Waals surface area (Å²) in [6.45, 7) is 5.65. The molecule has 0 amide bonds. The van der Waals surface area contributed by atoms with Gasteiger partial charge < -0.3 is 4.74 Å². The van der Waals surface area contributed by atoms with Gasteiger partial charge in [-0.15, -0.1) is 0 Å². The second kappa shape index (κ2) is 1.36. The quantitative estimate of drug-likeness (QED) is 0.381. The molecule has 11 heavy (non-hydrogen) atoms. The largest absolute Gasteiger partial charge is 0.392 e. The lowest BCUT2D eigenvalue weighted by molar-refractivity contribution is -0.159. The average molecular weight is 154 g/mol. The van der Waals surface area contributed by atoms with Crippen LogP contribution in [0.25, 0.3) is 0 Å². The van der Waals surface area contributed by atoms with E-state index in [4.69, 9.17) is 0 Å². The predicted octanol–water partition coefficient (Wildman–Crippen LogP) is 0.732. The van der Waals surface area contributed by atoms with Crippen molar-refractivity contribution >= 4 is 11.9 Å². The van der Waals surface area contributed by atoms with Crippen LogP contribution in [0.1, 0.15) is 20.8 Å². The van der Waals surface area contributed by atoms with Crippen LogP contribution in [0.15, 0.2) is 0 Å². The highest BCUT2D eigenvalue weighted by Crippen LogP contribution is 2.72. The summed E-state index contributed by atoms with van der Waals surface area (Å²) in [5, 5.41) is 0. The topological polar surface area (TPSA) is 43.4 Å². The van der Waals surface area contributed by atoms with Gasteiger partial charge >= 0.3 is 11.9 Å². The van der Waals surface area contributed by atoms with Gasteiger partial charge in [0.25, 0.3) is 0 Å². The van der Waals surface area contributed by atoms with Crippen molar-refractivity contribution in [1.29, 1.82) is 0 Å². The summed E-state index contributed by atoms with van der Waals surface area (Å²) >= 11 is 0. The molecule has 0 bridgehead atoms. The molecular formula is C8H10O3. The zero-order valence-electron chi connectivity index (χ0n) is 6.80. The van der Waals surface area contributed by atoms with Crippen molar-refractivity contribution in [3.05, 3.63) is 0 Å². The van der Waals surface area contributed by atoms with Gasteiger partial charge in [0.2, 0.25) is 0 Å². The van der Waals surface area contributed by atoms with Gasteiger partial charge in [0.15, 0.2) is 0 Å². The number of cyclic esters (lactones) is 2. The maximum absolute atomic E-state index is 11.1. The maximum atomic E-state index is 11.1. The summed E-state index contributed by atoms with van der Waals surface area (Å²) < 4.78 is 4.48. The first kappa shape index (κ1) is 6.83. The number of fused-ring (bicyclic) bond motifs is 1. The van der Waals surface area contributed by atoms with Crippen molar-refractivity contribution in [3.8, 4) is 0 Å². The Bertz CT molecular complexity index is 267. The molecule has 1 heterocycles. The van der Waals surface area contributed by atoms with Gasteiger partial charge in [0, 0.05) is 0 Å². The van der Waals surface area contributed by atoms with E-state index in [0.717, 1.165) is 0 Å². The van der Waals surface area contributed by atoms with E-state index in [-0.39, 0.29) is 23.3 Å². The van der Waals surface area contributed by atoms with Crippen LogP contribution in [0.5, 0.6) is 0 Å². The first-order valence-corrected chi connectivity index (χ1v) is 3.68. The Kier molecular flexibility index (Phi) is 0.841. The summed E-state index contributed by atoms with van der Waals surface area (Å²) in [5.74, 6) is -0.887. The highest BCUT2D eigenvalue weighted by atomic mass is 16.6. The van der Waals surface area contributed by atoms with E-state index in [9.17, 15) is 9.59 Å². The molecule has 0 spiro atoms. The van der Waals surface area contributed by atoms with Crippen LogP contribution in [0, 0.1) is 16.7 Å². The van der Waals surface area contributed by atoms with Gasteiger partial charge in [-0.25, -0.2) is 0 Å². The van der Waals surface area contributed by atoms with Gasteiger partial charge in [-0.05, 0) is 12.3 Å². The molecule has 1 aliphatic carbocycles. The molecule has 0 N–H and O–H groups in total. The van der Waals surface area contributed by atoms with Crippen LogP contribution < -0.4 is 0 Å². The smallest absolute Gasteiger partial charge is 0.320 e. The van der Waals surface area contributed by atoms with Crippen LogP contribution in [0.3, 0.4) is 0 Å². The van der Waals surface area contributed by atoms with Gasteiger partial charge in [-0.2, -0.15) is 0 Å². The lowest BCUT2D eigenvalue weighted by Crippen LogP contribution is -2.19. The zero-order valence-corrected chi connectivity index (χ0v) is 6.80. The molecule has 2 atom stereocenters. The van der Waals surface area contributed by atoms with Gasteiger partial charge in [-0.3, -0.25) is 9.59 Å². The van der Waals surface area contributed by atoms with E-state index in [1.165, 1.54) is 0 Å². The van der Waals surface area contributed by atoms with Gasteiger partial charge in [0.1, 0.15) is 0 Å². The molecule has 0 radical (unpaired) electrons. The summed E-state index contributed by atoms with van der Waals surface area (Å²) in [7, 11) is 0. The lowest BCUT2D eigenvalue weighted by atomic mass is 9.99. The molecule has 1 saturated carbocycles. The molecule has 0 aromatic heterocycles. The summed E-state index contributed by atoms with van der Waals surface area (Å²) in [5.41, 5.74) is -0.705. The average Bonchev–Trinajstić information content (AvgIpc) is 2.15. The highest BCUT2D eigenvalue weighted by Gasteiger charge is 2.81. The summed E-state index contributed by atoms with van der Waals surface area (Å²) in [6.07, 6.45) is 0. The third kappa shape index (κ3) is 0.451. The standard InChI is InChI=1S/C8H10O3/c1-7(2)4-5(9)11-6(10)8(4,7)3/h4H,1-3H3. The minimum Gasteiger partial charge on any atom is -0.392 e. The molecule has 0 aromatic rings. The Labute approximate surface area is 64.7 Å². The molecular weight excluding hydrogens is 144 g/mol. The molecule has 2 aliphatic rings. The third-order valence-electron chi connectivity index (χ3n) is 3.41. The van der Waals surface area contributed by atoms with Gasteiger partial charge in [-0.1, -0.05) is 13.8 Å². The van der Waals surface area contributed by atoms with Crippen LogP contribution in [0.2, 0.25) is 0 Å². The van der Waals surface area contributed by atoms with Crippen molar-refractivity contribution in [2.45, 2.75) is 20.8 Å².